The van der Waals surface area contributed by atoms with Gasteiger partial charge in [0.2, 0.25) is 35.4 Å². The maximum absolute atomic E-state index is 14.0. The first-order chi connectivity index (χ1) is 24.8. The molecule has 1 aromatic carbocycles. The number of nitrogens with one attached hydrogen (secondary N) is 4. The van der Waals surface area contributed by atoms with Crippen LogP contribution in [0, 0.1) is 17.3 Å². The Morgan fingerprint density at radius 1 is 0.830 bits per heavy atom. The third-order valence-corrected chi connectivity index (χ3v) is 9.63. The third-order valence-electron chi connectivity index (χ3n) is 9.63. The number of nitrogens with zero attached hydrogens (tertiary/aromatic N) is 2. The highest BCUT2D eigenvalue weighted by Gasteiger charge is 2.37. The van der Waals surface area contributed by atoms with E-state index >= 15 is 0 Å². The van der Waals surface area contributed by atoms with Gasteiger partial charge in [-0.2, -0.15) is 0 Å². The minimum atomic E-state index is -1.47. The van der Waals surface area contributed by atoms with E-state index in [0.717, 1.165) is 18.4 Å². The van der Waals surface area contributed by atoms with Crippen molar-refractivity contribution in [1.82, 2.24) is 31.1 Å². The molecule has 14 heteroatoms. The van der Waals surface area contributed by atoms with Gasteiger partial charge in [0, 0.05) is 33.1 Å². The molecule has 1 aliphatic heterocycles. The van der Waals surface area contributed by atoms with Crippen LogP contribution in [0.5, 0.6) is 0 Å². The smallest absolute Gasteiger partial charge is 0.305 e. The van der Waals surface area contributed by atoms with E-state index in [1.54, 1.807) is 32.7 Å². The SMILES string of the molecule is CC[C@H](C)[C@H](NC(=O)[C@H](C(C)C)N(C)C(=O)CCc1ccccc1)C(=O)N[C@@H](CC(=O)N1CCCC1)C(=O)N[C@@H](CC(=O)O)C(=O)NCCC(C)(C)C. The maximum atomic E-state index is 14.0. The van der Waals surface area contributed by atoms with Crippen LogP contribution in [0.2, 0.25) is 0 Å². The van der Waals surface area contributed by atoms with E-state index in [9.17, 15) is 38.7 Å². The van der Waals surface area contributed by atoms with E-state index in [-0.39, 0.29) is 36.1 Å². The van der Waals surface area contributed by atoms with Crippen LogP contribution in [0.15, 0.2) is 30.3 Å². The van der Waals surface area contributed by atoms with Gasteiger partial charge >= 0.3 is 5.97 Å². The zero-order chi connectivity index (χ0) is 39.9. The van der Waals surface area contributed by atoms with E-state index in [4.69, 9.17) is 0 Å². The molecule has 0 radical (unpaired) electrons. The summed E-state index contributed by atoms with van der Waals surface area (Å²) in [6, 6.07) is 4.55. The van der Waals surface area contributed by atoms with E-state index in [0.29, 0.717) is 32.4 Å². The molecule has 1 aliphatic rings. The molecule has 1 aromatic rings. The average Bonchev–Trinajstić information content (AvgIpc) is 3.63. The number of aliphatic carboxylic acids is 1. The van der Waals surface area contributed by atoms with Crippen LogP contribution in [0.1, 0.15) is 99.0 Å². The predicted molar refractivity (Wildman–Crippen MR) is 201 cm³/mol. The molecule has 1 fully saturated rings. The number of benzene rings is 1. The lowest BCUT2D eigenvalue weighted by Crippen LogP contribution is -2.61. The molecule has 5 N–H and O–H groups in total. The highest BCUT2D eigenvalue weighted by Crippen LogP contribution is 2.18. The Labute approximate surface area is 314 Å². The molecule has 0 aliphatic carbocycles. The Bertz CT molecular complexity index is 1410. The van der Waals surface area contributed by atoms with Gasteiger partial charge in [-0.15, -0.1) is 0 Å². The van der Waals surface area contributed by atoms with Crippen LogP contribution in [0.3, 0.4) is 0 Å². The summed E-state index contributed by atoms with van der Waals surface area (Å²) < 4.78 is 0. The number of carboxylic acids is 1. The first-order valence-electron chi connectivity index (χ1n) is 18.8. The van der Waals surface area contributed by atoms with Gasteiger partial charge in [-0.3, -0.25) is 33.6 Å². The van der Waals surface area contributed by atoms with Crippen molar-refractivity contribution < 1.29 is 38.7 Å². The highest BCUT2D eigenvalue weighted by atomic mass is 16.4. The Balaban J connectivity index is 2.30. The summed E-state index contributed by atoms with van der Waals surface area (Å²) in [5.41, 5.74) is 0.888. The van der Waals surface area contributed by atoms with E-state index in [1.165, 1.54) is 4.90 Å². The summed E-state index contributed by atoms with van der Waals surface area (Å²) in [6.07, 6.45) is 2.21. The van der Waals surface area contributed by atoms with Gasteiger partial charge in [0.15, 0.2) is 0 Å². The van der Waals surface area contributed by atoms with Crippen molar-refractivity contribution >= 4 is 41.4 Å². The molecule has 0 aromatic heterocycles. The monoisotopic (exact) mass is 742 g/mol. The number of likely N-dealkylation sites (N-methyl/N-ethyl adjacent to an activating group) is 1. The number of hydrogen-bond donors (Lipinski definition) is 5. The van der Waals surface area contributed by atoms with Gasteiger partial charge in [0.05, 0.1) is 12.8 Å². The fraction of sp³-hybridized carbons (Fsp3) is 0.667. The summed E-state index contributed by atoms with van der Waals surface area (Å²) in [4.78, 5) is 95.9. The molecule has 2 rings (SSSR count). The average molecular weight is 743 g/mol. The molecule has 0 spiro atoms. The van der Waals surface area contributed by atoms with Gasteiger partial charge in [0.1, 0.15) is 24.2 Å². The normalized spacial score (nSPS) is 15.8. The number of carbonyl (C=O) groups excluding carboxylic acids is 6. The van der Waals surface area contributed by atoms with Crippen LogP contribution in [-0.4, -0.2) is 107 Å². The van der Waals surface area contributed by atoms with E-state index in [2.05, 4.69) is 21.3 Å². The van der Waals surface area contributed by atoms with Crippen molar-refractivity contribution in [3.05, 3.63) is 35.9 Å². The molecule has 0 unspecified atom stereocenters. The molecule has 0 saturated carbocycles. The summed E-state index contributed by atoms with van der Waals surface area (Å²) in [7, 11) is 1.56. The Morgan fingerprint density at radius 2 is 1.42 bits per heavy atom. The lowest BCUT2D eigenvalue weighted by atomic mass is 9.92. The second kappa shape index (κ2) is 21.3. The van der Waals surface area contributed by atoms with Crippen LogP contribution in [-0.2, 0) is 40.0 Å². The van der Waals surface area contributed by atoms with E-state index < -0.39 is 72.5 Å². The summed E-state index contributed by atoms with van der Waals surface area (Å²) >= 11 is 0. The molecular formula is C39H62N6O8. The number of amides is 6. The molecule has 1 heterocycles. The van der Waals surface area contributed by atoms with Crippen molar-refractivity contribution in [2.24, 2.45) is 17.3 Å². The third kappa shape index (κ3) is 15.2. The van der Waals surface area contributed by atoms with Crippen molar-refractivity contribution in [2.75, 3.05) is 26.7 Å². The van der Waals surface area contributed by atoms with Gasteiger partial charge in [-0.1, -0.05) is 85.2 Å². The fourth-order valence-electron chi connectivity index (χ4n) is 6.17. The maximum Gasteiger partial charge on any atom is 0.305 e. The number of carbonyl (C=O) groups is 7. The lowest BCUT2D eigenvalue weighted by molar-refractivity contribution is -0.143. The summed E-state index contributed by atoms with van der Waals surface area (Å²) in [6.45, 7) is 14.4. The fourth-order valence-corrected chi connectivity index (χ4v) is 6.17. The highest BCUT2D eigenvalue weighted by molar-refractivity contribution is 5.98. The van der Waals surface area contributed by atoms with Crippen molar-refractivity contribution in [1.29, 1.82) is 0 Å². The molecule has 6 amide bonds. The second-order valence-corrected chi connectivity index (χ2v) is 15.7. The molecule has 296 valence electrons. The molecular weight excluding hydrogens is 680 g/mol. The number of likely N-dealkylation sites (tertiary alicyclic amines) is 1. The Hall–Kier alpha value is -4.49. The predicted octanol–water partition coefficient (Wildman–Crippen LogP) is 2.64. The number of hydrogen-bond acceptors (Lipinski definition) is 7. The summed E-state index contributed by atoms with van der Waals surface area (Å²) in [5, 5.41) is 20.1. The minimum absolute atomic E-state index is 0.103. The molecule has 1 saturated heterocycles. The minimum Gasteiger partial charge on any atom is -0.481 e. The van der Waals surface area contributed by atoms with Crippen LogP contribution in [0.4, 0.5) is 0 Å². The first-order valence-corrected chi connectivity index (χ1v) is 18.8. The number of rotatable bonds is 20. The molecule has 5 atom stereocenters. The van der Waals surface area contributed by atoms with Crippen molar-refractivity contribution in [2.45, 2.75) is 124 Å². The second-order valence-electron chi connectivity index (χ2n) is 15.7. The largest absolute Gasteiger partial charge is 0.481 e. The van der Waals surface area contributed by atoms with Crippen LogP contribution < -0.4 is 21.3 Å². The van der Waals surface area contributed by atoms with Gasteiger partial charge in [0.25, 0.3) is 0 Å². The number of aryl methyl sites for hydroxylation is 1. The molecule has 14 nitrogen and oxygen atoms in total. The van der Waals surface area contributed by atoms with E-state index in [1.807, 2.05) is 58.0 Å². The molecule has 0 bridgehead atoms. The lowest BCUT2D eigenvalue weighted by Gasteiger charge is -2.33. The van der Waals surface area contributed by atoms with Crippen molar-refractivity contribution in [3.63, 3.8) is 0 Å². The Morgan fingerprint density at radius 3 is 1.96 bits per heavy atom. The Kier molecular flexibility index (Phi) is 17.9. The van der Waals surface area contributed by atoms with Crippen LogP contribution in [0.25, 0.3) is 0 Å². The van der Waals surface area contributed by atoms with Gasteiger partial charge in [-0.05, 0) is 48.5 Å². The van der Waals surface area contributed by atoms with Gasteiger partial charge < -0.3 is 36.2 Å². The van der Waals surface area contributed by atoms with Crippen molar-refractivity contribution in [3.8, 4) is 0 Å². The number of carboxylic acid groups (broad SMARTS) is 1. The van der Waals surface area contributed by atoms with Gasteiger partial charge in [-0.25, -0.2) is 0 Å². The quantitative estimate of drug-likeness (QED) is 0.135. The summed E-state index contributed by atoms with van der Waals surface area (Å²) in [5.74, 6) is -5.54. The standard InChI is InChI=1S/C39H62N6O8/c1-9-26(4)33(43-38(53)34(25(2)3)44(8)30(46)18-17-27-15-11-10-12-16-27)37(52)42-28(23-31(47)45-21-13-14-22-45)36(51)41-29(24-32(48)49)35(50)40-20-19-39(5,6)7/h10-12,15-16,25-26,28-29,33-34H,9,13-14,17-24H2,1-8H3,(H,40,50)(H,41,51)(H,42,52)(H,43,53)(H,48,49)/t26-,28-,29-,33-,34-/m0/s1. The molecule has 53 heavy (non-hydrogen) atoms. The topological polar surface area (TPSA) is 194 Å². The zero-order valence-corrected chi connectivity index (χ0v) is 32.8. The zero-order valence-electron chi connectivity index (χ0n) is 32.8. The van der Waals surface area contributed by atoms with Crippen LogP contribution >= 0.6 is 0 Å². The first kappa shape index (κ1) is 44.7.